The van der Waals surface area contributed by atoms with Crippen molar-refractivity contribution in [1.29, 1.82) is 5.26 Å². The van der Waals surface area contributed by atoms with E-state index in [9.17, 15) is 26.4 Å². The van der Waals surface area contributed by atoms with Crippen molar-refractivity contribution in [3.8, 4) is 6.07 Å². The highest BCUT2D eigenvalue weighted by atomic mass is 32.2. The largest absolute Gasteiger partial charge is 0.490 e. The van der Waals surface area contributed by atoms with Crippen LogP contribution < -0.4 is 0 Å². The van der Waals surface area contributed by atoms with Crippen LogP contribution in [0.3, 0.4) is 0 Å². The van der Waals surface area contributed by atoms with Gasteiger partial charge in [-0.05, 0) is 36.4 Å². The molecule has 38 heavy (non-hydrogen) atoms. The molecule has 1 atom stereocenters. The number of hydrogen-bond acceptors (Lipinski definition) is 8. The summed E-state index contributed by atoms with van der Waals surface area (Å²) in [6.45, 7) is 0.716. The van der Waals surface area contributed by atoms with Crippen molar-refractivity contribution in [2.24, 2.45) is 5.16 Å². The van der Waals surface area contributed by atoms with Crippen molar-refractivity contribution in [3.63, 3.8) is 0 Å². The number of carboxylic acid groups (broad SMARTS) is 1. The number of aliphatic carboxylic acids is 1. The zero-order valence-corrected chi connectivity index (χ0v) is 20.7. The SMILES string of the molecule is CN(Cc1ccccn1)C(=O)C1=NOC2(CCN(S(=O)(=O)c3ccc(C#N)cc3)C2)C1.O=C(O)C(F)(F)F. The monoisotopic (exact) mass is 553 g/mol. The molecule has 1 N–H and O–H groups in total. The first-order valence-corrected chi connectivity index (χ1v) is 12.4. The summed E-state index contributed by atoms with van der Waals surface area (Å²) >= 11 is 0. The Balaban J connectivity index is 0.000000505. The zero-order chi connectivity index (χ0) is 28.1. The van der Waals surface area contributed by atoms with E-state index in [-0.39, 0.29) is 36.0 Å². The molecule has 0 saturated carbocycles. The molecule has 2 aliphatic rings. The Morgan fingerprint density at radius 3 is 2.45 bits per heavy atom. The van der Waals surface area contributed by atoms with E-state index in [0.717, 1.165) is 5.69 Å². The van der Waals surface area contributed by atoms with E-state index in [1.807, 2.05) is 24.3 Å². The third-order valence-electron chi connectivity index (χ3n) is 5.70. The molecule has 15 heteroatoms. The second-order valence-corrected chi connectivity index (χ2v) is 10.4. The van der Waals surface area contributed by atoms with E-state index < -0.39 is 27.8 Å². The van der Waals surface area contributed by atoms with Gasteiger partial charge in [-0.25, -0.2) is 13.2 Å². The number of aromatic nitrogens is 1. The first kappa shape index (κ1) is 28.5. The number of nitriles is 1. The van der Waals surface area contributed by atoms with E-state index in [1.165, 1.54) is 33.5 Å². The number of carboxylic acids is 1. The lowest BCUT2D eigenvalue weighted by molar-refractivity contribution is -0.192. The molecule has 1 amide bonds. The molecule has 1 saturated heterocycles. The van der Waals surface area contributed by atoms with Gasteiger partial charge >= 0.3 is 12.1 Å². The summed E-state index contributed by atoms with van der Waals surface area (Å²) in [4.78, 5) is 33.1. The second kappa shape index (κ2) is 11.2. The number of hydrogen-bond donors (Lipinski definition) is 1. The number of alkyl halides is 3. The Hall–Kier alpha value is -4.03. The summed E-state index contributed by atoms with van der Waals surface area (Å²) in [5, 5.41) is 20.0. The van der Waals surface area contributed by atoms with E-state index >= 15 is 0 Å². The molecule has 4 rings (SSSR count). The highest BCUT2D eigenvalue weighted by Gasteiger charge is 2.50. The molecule has 1 aromatic heterocycles. The lowest BCUT2D eigenvalue weighted by Gasteiger charge is -2.22. The molecule has 1 spiro atoms. The lowest BCUT2D eigenvalue weighted by atomic mass is 9.96. The molecule has 0 radical (unpaired) electrons. The average molecular weight is 554 g/mol. The third kappa shape index (κ3) is 6.64. The molecule has 1 fully saturated rings. The third-order valence-corrected chi connectivity index (χ3v) is 7.56. The van der Waals surface area contributed by atoms with Gasteiger partial charge < -0.3 is 14.8 Å². The fourth-order valence-corrected chi connectivity index (χ4v) is 5.26. The van der Waals surface area contributed by atoms with Gasteiger partial charge in [-0.3, -0.25) is 9.78 Å². The van der Waals surface area contributed by atoms with E-state index in [4.69, 9.17) is 20.0 Å². The minimum absolute atomic E-state index is 0.111. The molecular formula is C23H22F3N5O6S. The molecule has 2 aromatic rings. The van der Waals surface area contributed by atoms with Crippen LogP contribution in [0.2, 0.25) is 0 Å². The van der Waals surface area contributed by atoms with Crippen molar-refractivity contribution >= 4 is 27.6 Å². The normalized spacial score (nSPS) is 19.1. The van der Waals surface area contributed by atoms with Crippen LogP contribution in [-0.4, -0.2) is 77.2 Å². The fraction of sp³-hybridized carbons (Fsp3) is 0.348. The number of benzene rings is 1. The van der Waals surface area contributed by atoms with E-state index in [1.54, 1.807) is 13.2 Å². The number of carbonyl (C=O) groups is 2. The number of halogens is 3. The maximum Gasteiger partial charge on any atom is 0.490 e. The zero-order valence-electron chi connectivity index (χ0n) is 19.9. The minimum Gasteiger partial charge on any atom is -0.475 e. The van der Waals surface area contributed by atoms with Crippen molar-refractivity contribution in [2.45, 2.75) is 36.1 Å². The van der Waals surface area contributed by atoms with Crippen LogP contribution in [0.25, 0.3) is 0 Å². The predicted octanol–water partition coefficient (Wildman–Crippen LogP) is 2.15. The number of carbonyl (C=O) groups excluding carboxylic acids is 1. The molecule has 11 nitrogen and oxygen atoms in total. The Morgan fingerprint density at radius 1 is 1.24 bits per heavy atom. The molecule has 1 aromatic carbocycles. The molecule has 0 bridgehead atoms. The Bertz CT molecular complexity index is 1360. The predicted molar refractivity (Wildman–Crippen MR) is 125 cm³/mol. The van der Waals surface area contributed by atoms with Gasteiger partial charge in [0.25, 0.3) is 5.91 Å². The minimum atomic E-state index is -5.08. The van der Waals surface area contributed by atoms with Gasteiger partial charge in [-0.15, -0.1) is 0 Å². The topological polar surface area (TPSA) is 153 Å². The van der Waals surface area contributed by atoms with Crippen molar-refractivity contribution in [1.82, 2.24) is 14.2 Å². The molecule has 0 aliphatic carbocycles. The summed E-state index contributed by atoms with van der Waals surface area (Å²) < 4.78 is 59.0. The van der Waals surface area contributed by atoms with Crippen LogP contribution in [0.15, 0.2) is 58.7 Å². The smallest absolute Gasteiger partial charge is 0.475 e. The number of pyridine rings is 1. The van der Waals surface area contributed by atoms with Crippen LogP contribution in [0.1, 0.15) is 24.1 Å². The standard InChI is InChI=1S/C21H21N5O4S.C2HF3O2/c1-25(14-17-4-2-3-10-23-17)20(27)19-12-21(30-24-19)9-11-26(15-21)31(28,29)18-7-5-16(13-22)6-8-18;3-2(4,5)1(6)7/h2-8,10H,9,11-12,14-15H2,1H3;(H,6,7). The molecule has 202 valence electrons. The Labute approximate surface area is 215 Å². The van der Waals surface area contributed by atoms with Crippen LogP contribution in [0.5, 0.6) is 0 Å². The first-order chi connectivity index (χ1) is 17.8. The van der Waals surface area contributed by atoms with Crippen LogP contribution >= 0.6 is 0 Å². The number of amides is 1. The summed E-state index contributed by atoms with van der Waals surface area (Å²) in [5.41, 5.74) is 0.586. The van der Waals surface area contributed by atoms with Crippen molar-refractivity contribution in [2.75, 3.05) is 20.1 Å². The molecule has 3 heterocycles. The second-order valence-electron chi connectivity index (χ2n) is 8.50. The lowest BCUT2D eigenvalue weighted by Crippen LogP contribution is -2.39. The quantitative estimate of drug-likeness (QED) is 0.591. The molecule has 2 aliphatic heterocycles. The van der Waals surface area contributed by atoms with E-state index in [2.05, 4.69) is 10.1 Å². The van der Waals surface area contributed by atoms with Crippen LogP contribution in [0, 0.1) is 11.3 Å². The molecule has 1 unspecified atom stereocenters. The van der Waals surface area contributed by atoms with Gasteiger partial charge in [0.15, 0.2) is 5.60 Å². The van der Waals surface area contributed by atoms with Gasteiger partial charge in [-0.1, -0.05) is 11.2 Å². The van der Waals surface area contributed by atoms with Crippen molar-refractivity contribution < 1.29 is 41.1 Å². The van der Waals surface area contributed by atoms with Gasteiger partial charge in [0.2, 0.25) is 10.0 Å². The maximum absolute atomic E-state index is 13.0. The summed E-state index contributed by atoms with van der Waals surface area (Å²) in [6, 6.07) is 13.3. The van der Waals surface area contributed by atoms with Crippen LogP contribution in [0.4, 0.5) is 13.2 Å². The Morgan fingerprint density at radius 2 is 1.89 bits per heavy atom. The summed E-state index contributed by atoms with van der Waals surface area (Å²) in [7, 11) is -2.06. The van der Waals surface area contributed by atoms with Gasteiger partial charge in [0.1, 0.15) is 5.71 Å². The number of rotatable bonds is 5. The summed E-state index contributed by atoms with van der Waals surface area (Å²) in [5.74, 6) is -3.02. The highest BCUT2D eigenvalue weighted by Crippen LogP contribution is 2.36. The fourth-order valence-electron chi connectivity index (χ4n) is 3.75. The van der Waals surface area contributed by atoms with Crippen LogP contribution in [-0.2, 0) is 31.0 Å². The first-order valence-electron chi connectivity index (χ1n) is 11.0. The highest BCUT2D eigenvalue weighted by molar-refractivity contribution is 7.89. The summed E-state index contributed by atoms with van der Waals surface area (Å²) in [6.07, 6.45) is -2.73. The van der Waals surface area contributed by atoms with Gasteiger partial charge in [-0.2, -0.15) is 22.7 Å². The number of oxime groups is 1. The van der Waals surface area contributed by atoms with Gasteiger partial charge in [0, 0.05) is 32.6 Å². The number of sulfonamides is 1. The number of nitrogens with zero attached hydrogens (tertiary/aromatic N) is 5. The average Bonchev–Trinajstić information content (AvgIpc) is 3.51. The maximum atomic E-state index is 13.0. The molecular weight excluding hydrogens is 531 g/mol. The van der Waals surface area contributed by atoms with Gasteiger partial charge in [0.05, 0.1) is 35.3 Å². The van der Waals surface area contributed by atoms with Crippen molar-refractivity contribution in [3.05, 3.63) is 59.9 Å². The Kier molecular flexibility index (Phi) is 8.38. The van der Waals surface area contributed by atoms with E-state index in [0.29, 0.717) is 18.5 Å².